The van der Waals surface area contributed by atoms with E-state index in [0.717, 1.165) is 9.14 Å². The Morgan fingerprint density at radius 2 is 2.04 bits per heavy atom. The standard InChI is InChI=1S/C19H24IN3O2S/c1-6-22(7-2)17(24)13(5)26-19-21-16-9-8-14(20)10-15(16)18(25)23(19)11-12(3)4/h8-10,13H,3,6-7,11H2,1-2,4-5H3. The summed E-state index contributed by atoms with van der Waals surface area (Å²) in [6, 6.07) is 5.63. The lowest BCUT2D eigenvalue weighted by molar-refractivity contribution is -0.129. The number of benzene rings is 1. The van der Waals surface area contributed by atoms with E-state index in [2.05, 4.69) is 34.2 Å². The quantitative estimate of drug-likeness (QED) is 0.258. The Labute approximate surface area is 172 Å². The van der Waals surface area contributed by atoms with Gasteiger partial charge in [-0.1, -0.05) is 23.9 Å². The molecule has 2 aromatic rings. The van der Waals surface area contributed by atoms with Crippen LogP contribution in [0.1, 0.15) is 27.7 Å². The van der Waals surface area contributed by atoms with E-state index in [1.54, 1.807) is 9.47 Å². The molecule has 0 radical (unpaired) electrons. The van der Waals surface area contributed by atoms with Gasteiger partial charge in [-0.15, -0.1) is 0 Å². The first-order chi connectivity index (χ1) is 12.3. The van der Waals surface area contributed by atoms with Crippen molar-refractivity contribution in [3.63, 3.8) is 0 Å². The molecule has 1 aromatic heterocycles. The summed E-state index contributed by atoms with van der Waals surface area (Å²) in [6.07, 6.45) is 0. The van der Waals surface area contributed by atoms with Crippen molar-refractivity contribution in [2.75, 3.05) is 13.1 Å². The molecule has 0 saturated carbocycles. The van der Waals surface area contributed by atoms with Gasteiger partial charge in [0.1, 0.15) is 0 Å². The van der Waals surface area contributed by atoms with Crippen molar-refractivity contribution in [3.8, 4) is 0 Å². The average Bonchev–Trinajstić information content (AvgIpc) is 2.59. The summed E-state index contributed by atoms with van der Waals surface area (Å²) in [7, 11) is 0. The van der Waals surface area contributed by atoms with E-state index in [1.807, 2.05) is 45.9 Å². The van der Waals surface area contributed by atoms with Crippen LogP contribution in [-0.4, -0.2) is 38.7 Å². The highest BCUT2D eigenvalue weighted by molar-refractivity contribution is 14.1. The van der Waals surface area contributed by atoms with Crippen molar-refractivity contribution in [2.45, 2.75) is 44.6 Å². The summed E-state index contributed by atoms with van der Waals surface area (Å²) in [6.45, 7) is 13.3. The molecule has 1 heterocycles. The number of halogens is 1. The number of aromatic nitrogens is 2. The number of fused-ring (bicyclic) bond motifs is 1. The Balaban J connectivity index is 2.51. The first kappa shape index (κ1) is 21.0. The van der Waals surface area contributed by atoms with E-state index in [9.17, 15) is 9.59 Å². The molecule has 0 aliphatic rings. The molecule has 0 fully saturated rings. The minimum Gasteiger partial charge on any atom is -0.342 e. The maximum absolute atomic E-state index is 13.0. The third-order valence-corrected chi connectivity index (χ3v) is 5.76. The smallest absolute Gasteiger partial charge is 0.262 e. The molecule has 0 saturated heterocycles. The van der Waals surface area contributed by atoms with Crippen molar-refractivity contribution in [3.05, 3.63) is 44.3 Å². The normalized spacial score (nSPS) is 12.2. The Hall–Kier alpha value is -1.35. The van der Waals surface area contributed by atoms with E-state index in [-0.39, 0.29) is 16.7 Å². The Morgan fingerprint density at radius 3 is 2.62 bits per heavy atom. The minimum absolute atomic E-state index is 0.0545. The van der Waals surface area contributed by atoms with Gasteiger partial charge in [-0.3, -0.25) is 14.2 Å². The maximum atomic E-state index is 13.0. The summed E-state index contributed by atoms with van der Waals surface area (Å²) in [4.78, 5) is 32.1. The third-order valence-electron chi connectivity index (χ3n) is 4.01. The van der Waals surface area contributed by atoms with Gasteiger partial charge in [-0.2, -0.15) is 0 Å². The molecule has 0 aliphatic heterocycles. The fraction of sp³-hybridized carbons (Fsp3) is 0.421. The summed E-state index contributed by atoms with van der Waals surface area (Å²) in [5.74, 6) is 0.0545. The number of allylic oxidation sites excluding steroid dienone is 1. The molecule has 0 bridgehead atoms. The van der Waals surface area contributed by atoms with Crippen LogP contribution in [0, 0.1) is 3.57 Å². The van der Waals surface area contributed by atoms with E-state index >= 15 is 0 Å². The zero-order valence-corrected chi connectivity index (χ0v) is 18.6. The van der Waals surface area contributed by atoms with E-state index < -0.39 is 0 Å². The molecular weight excluding hydrogens is 461 g/mol. The van der Waals surface area contributed by atoms with Crippen LogP contribution in [0.15, 0.2) is 40.3 Å². The zero-order chi connectivity index (χ0) is 19.4. The SMILES string of the molecule is C=C(C)Cn1c(SC(C)C(=O)N(CC)CC)nc2ccc(I)cc2c1=O. The third kappa shape index (κ3) is 4.68. The summed E-state index contributed by atoms with van der Waals surface area (Å²) in [5.41, 5.74) is 1.42. The number of carbonyl (C=O) groups excluding carboxylic acids is 1. The van der Waals surface area contributed by atoms with Crippen molar-refractivity contribution < 1.29 is 4.79 Å². The lowest BCUT2D eigenvalue weighted by atomic mass is 10.2. The summed E-state index contributed by atoms with van der Waals surface area (Å²) in [5, 5.41) is 0.824. The molecule has 140 valence electrons. The lowest BCUT2D eigenvalue weighted by Crippen LogP contribution is -2.36. The highest BCUT2D eigenvalue weighted by Gasteiger charge is 2.22. The molecular formula is C19H24IN3O2S. The van der Waals surface area contributed by atoms with Crippen LogP contribution in [0.5, 0.6) is 0 Å². The second-order valence-corrected chi connectivity index (χ2v) is 8.73. The van der Waals surface area contributed by atoms with E-state index in [0.29, 0.717) is 35.7 Å². The maximum Gasteiger partial charge on any atom is 0.262 e. The highest BCUT2D eigenvalue weighted by Crippen LogP contribution is 2.25. The molecule has 2 rings (SSSR count). The van der Waals surface area contributed by atoms with E-state index in [4.69, 9.17) is 0 Å². The van der Waals surface area contributed by atoms with Gasteiger partial charge in [0.15, 0.2) is 5.16 Å². The van der Waals surface area contributed by atoms with Crippen LogP contribution >= 0.6 is 34.4 Å². The Bertz CT molecular complexity index is 890. The fourth-order valence-corrected chi connectivity index (χ4v) is 4.16. The number of nitrogens with zero attached hydrogens (tertiary/aromatic N) is 3. The molecule has 0 spiro atoms. The average molecular weight is 485 g/mol. The topological polar surface area (TPSA) is 55.2 Å². The monoisotopic (exact) mass is 485 g/mol. The summed E-state index contributed by atoms with van der Waals surface area (Å²) >= 11 is 3.52. The molecule has 1 amide bonds. The molecule has 1 aromatic carbocycles. The molecule has 26 heavy (non-hydrogen) atoms. The van der Waals surface area contributed by atoms with Crippen molar-refractivity contribution in [1.29, 1.82) is 0 Å². The Morgan fingerprint density at radius 1 is 1.38 bits per heavy atom. The number of carbonyl (C=O) groups is 1. The minimum atomic E-state index is -0.320. The molecule has 0 aliphatic carbocycles. The lowest BCUT2D eigenvalue weighted by Gasteiger charge is -2.23. The van der Waals surface area contributed by atoms with Gasteiger partial charge in [0.05, 0.1) is 16.2 Å². The van der Waals surface area contributed by atoms with Crippen LogP contribution in [-0.2, 0) is 11.3 Å². The number of hydrogen-bond donors (Lipinski definition) is 0. The first-order valence-corrected chi connectivity index (χ1v) is 10.5. The molecule has 7 heteroatoms. The predicted molar refractivity (Wildman–Crippen MR) is 117 cm³/mol. The number of rotatable bonds is 7. The van der Waals surface area contributed by atoms with E-state index in [1.165, 1.54) is 11.8 Å². The van der Waals surface area contributed by atoms with Crippen LogP contribution < -0.4 is 5.56 Å². The zero-order valence-electron chi connectivity index (χ0n) is 15.6. The van der Waals surface area contributed by atoms with Crippen LogP contribution in [0.25, 0.3) is 10.9 Å². The molecule has 0 N–H and O–H groups in total. The van der Waals surface area contributed by atoms with Gasteiger partial charge >= 0.3 is 0 Å². The fourth-order valence-electron chi connectivity index (χ4n) is 2.67. The van der Waals surface area contributed by atoms with Crippen molar-refractivity contribution >= 4 is 51.2 Å². The number of amides is 1. The van der Waals surface area contributed by atoms with Gasteiger partial charge in [0, 0.05) is 23.2 Å². The second kappa shape index (κ2) is 9.03. The summed E-state index contributed by atoms with van der Waals surface area (Å²) < 4.78 is 2.61. The van der Waals surface area contributed by atoms with Crippen molar-refractivity contribution in [2.24, 2.45) is 0 Å². The Kier molecular flexibility index (Phi) is 7.28. The van der Waals surface area contributed by atoms with Gasteiger partial charge in [-0.05, 0) is 68.5 Å². The second-order valence-electron chi connectivity index (χ2n) is 6.17. The predicted octanol–water partition coefficient (Wildman–Crippen LogP) is 3.93. The van der Waals surface area contributed by atoms with Gasteiger partial charge in [0.2, 0.25) is 5.91 Å². The molecule has 1 atom stereocenters. The first-order valence-electron chi connectivity index (χ1n) is 8.58. The largest absolute Gasteiger partial charge is 0.342 e. The van der Waals surface area contributed by atoms with Gasteiger partial charge < -0.3 is 4.90 Å². The van der Waals surface area contributed by atoms with Crippen LogP contribution in [0.2, 0.25) is 0 Å². The van der Waals surface area contributed by atoms with Crippen molar-refractivity contribution in [1.82, 2.24) is 14.5 Å². The van der Waals surface area contributed by atoms with Crippen LogP contribution in [0.3, 0.4) is 0 Å². The van der Waals surface area contributed by atoms with Gasteiger partial charge in [-0.25, -0.2) is 4.98 Å². The molecule has 5 nitrogen and oxygen atoms in total. The molecule has 1 unspecified atom stereocenters. The number of hydrogen-bond acceptors (Lipinski definition) is 4. The highest BCUT2D eigenvalue weighted by atomic mass is 127. The van der Waals surface area contributed by atoms with Crippen LogP contribution in [0.4, 0.5) is 0 Å². The number of thioether (sulfide) groups is 1. The van der Waals surface area contributed by atoms with Gasteiger partial charge in [0.25, 0.3) is 5.56 Å².